The second-order valence-corrected chi connectivity index (χ2v) is 9.72. The molecule has 0 unspecified atom stereocenters. The molecule has 116 valence electrons. The third-order valence-electron chi connectivity index (χ3n) is 4.85. The molecule has 1 aromatic rings. The van der Waals surface area contributed by atoms with Gasteiger partial charge in [-0.3, -0.25) is 0 Å². The molecule has 0 amide bonds. The van der Waals surface area contributed by atoms with Crippen LogP contribution in [-0.2, 0) is 10.0 Å². The molecule has 1 saturated carbocycles. The quantitative estimate of drug-likeness (QED) is 0.855. The van der Waals surface area contributed by atoms with E-state index in [0.717, 1.165) is 19.3 Å². The van der Waals surface area contributed by atoms with Crippen molar-refractivity contribution in [3.63, 3.8) is 0 Å². The Labute approximate surface area is 127 Å². The summed E-state index contributed by atoms with van der Waals surface area (Å²) in [7, 11) is -3.42. The average molecular weight is 308 g/mol. The fourth-order valence-corrected chi connectivity index (χ4v) is 6.24. The third kappa shape index (κ3) is 2.57. The number of fused-ring (bicyclic) bond motifs is 2. The van der Waals surface area contributed by atoms with Crippen LogP contribution in [0.3, 0.4) is 0 Å². The minimum Gasteiger partial charge on any atom is -0.399 e. The van der Waals surface area contributed by atoms with Gasteiger partial charge in [-0.05, 0) is 54.4 Å². The lowest BCUT2D eigenvalue weighted by atomic mass is 9.65. The van der Waals surface area contributed by atoms with Gasteiger partial charge in [-0.2, -0.15) is 4.31 Å². The molecular weight excluding hydrogens is 284 g/mol. The molecule has 21 heavy (non-hydrogen) atoms. The van der Waals surface area contributed by atoms with Crippen molar-refractivity contribution in [1.82, 2.24) is 4.31 Å². The lowest BCUT2D eigenvalue weighted by molar-refractivity contribution is 0.133. The van der Waals surface area contributed by atoms with Gasteiger partial charge in [0.15, 0.2) is 0 Å². The number of nitrogen functional groups attached to an aromatic ring is 1. The summed E-state index contributed by atoms with van der Waals surface area (Å²) in [6.07, 6.45) is 3.01. The van der Waals surface area contributed by atoms with E-state index in [1.165, 1.54) is 0 Å². The second kappa shape index (κ2) is 4.46. The van der Waals surface area contributed by atoms with Gasteiger partial charge in [0.05, 0.1) is 4.90 Å². The molecule has 2 N–H and O–H groups in total. The SMILES string of the molecule is CC1(C)C[C@@H]2C[C@](C)(CN2S(=O)(=O)c2ccc(N)cc2)C1. The first-order valence-corrected chi connectivity index (χ1v) is 8.93. The van der Waals surface area contributed by atoms with Crippen LogP contribution in [0.25, 0.3) is 0 Å². The minimum atomic E-state index is -3.42. The normalized spacial score (nSPS) is 32.2. The Balaban J connectivity index is 1.96. The summed E-state index contributed by atoms with van der Waals surface area (Å²) in [5, 5.41) is 0. The minimum absolute atomic E-state index is 0.104. The Morgan fingerprint density at radius 2 is 1.76 bits per heavy atom. The Kier molecular flexibility index (Phi) is 3.16. The molecule has 5 heteroatoms. The molecule has 2 atom stereocenters. The Morgan fingerprint density at radius 1 is 1.14 bits per heavy atom. The van der Waals surface area contributed by atoms with Crippen LogP contribution >= 0.6 is 0 Å². The van der Waals surface area contributed by atoms with E-state index in [1.807, 2.05) is 0 Å². The second-order valence-electron chi connectivity index (χ2n) is 7.83. The molecule has 3 rings (SSSR count). The van der Waals surface area contributed by atoms with Crippen molar-refractivity contribution in [2.24, 2.45) is 10.8 Å². The summed E-state index contributed by atoms with van der Waals surface area (Å²) >= 11 is 0. The number of benzene rings is 1. The van der Waals surface area contributed by atoms with Gasteiger partial charge in [0.25, 0.3) is 0 Å². The standard InChI is InChI=1S/C16H24N2O2S/c1-15(2)8-13-9-16(3,10-15)11-18(13)21(19,20)14-6-4-12(17)5-7-14/h4-7,13H,8-11,17H2,1-3H3/t13-,16+/m1/s1. The van der Waals surface area contributed by atoms with Crippen LogP contribution < -0.4 is 5.73 Å². The fraction of sp³-hybridized carbons (Fsp3) is 0.625. The van der Waals surface area contributed by atoms with Crippen LogP contribution in [-0.4, -0.2) is 25.3 Å². The molecule has 1 saturated heterocycles. The van der Waals surface area contributed by atoms with Crippen LogP contribution in [0, 0.1) is 10.8 Å². The summed E-state index contributed by atoms with van der Waals surface area (Å²) < 4.78 is 27.6. The predicted molar refractivity (Wildman–Crippen MR) is 84.3 cm³/mol. The van der Waals surface area contributed by atoms with Gasteiger partial charge in [0.2, 0.25) is 10.0 Å². The van der Waals surface area contributed by atoms with Gasteiger partial charge in [-0.1, -0.05) is 20.8 Å². The van der Waals surface area contributed by atoms with Gasteiger partial charge in [0, 0.05) is 18.3 Å². The van der Waals surface area contributed by atoms with Crippen LogP contribution in [0.15, 0.2) is 29.2 Å². The van der Waals surface area contributed by atoms with Crippen LogP contribution in [0.5, 0.6) is 0 Å². The Bertz CT molecular complexity index is 651. The van der Waals surface area contributed by atoms with Gasteiger partial charge in [-0.25, -0.2) is 8.42 Å². The van der Waals surface area contributed by atoms with Crippen molar-refractivity contribution >= 4 is 15.7 Å². The highest BCUT2D eigenvalue weighted by molar-refractivity contribution is 7.89. The van der Waals surface area contributed by atoms with Crippen LogP contribution in [0.2, 0.25) is 0 Å². The van der Waals surface area contributed by atoms with Crippen molar-refractivity contribution < 1.29 is 8.42 Å². The molecule has 1 aromatic carbocycles. The largest absolute Gasteiger partial charge is 0.399 e. The highest BCUT2D eigenvalue weighted by Crippen LogP contribution is 2.53. The summed E-state index contributed by atoms with van der Waals surface area (Å²) in [4.78, 5) is 0.352. The zero-order valence-electron chi connectivity index (χ0n) is 13.0. The molecule has 2 aliphatic rings. The van der Waals surface area contributed by atoms with E-state index < -0.39 is 10.0 Å². The number of nitrogens with two attached hydrogens (primary N) is 1. The summed E-state index contributed by atoms with van der Waals surface area (Å²) in [6, 6.07) is 6.66. The topological polar surface area (TPSA) is 63.4 Å². The van der Waals surface area contributed by atoms with Crippen molar-refractivity contribution in [3.05, 3.63) is 24.3 Å². The van der Waals surface area contributed by atoms with E-state index in [4.69, 9.17) is 5.73 Å². The number of hydrogen-bond acceptors (Lipinski definition) is 3. The van der Waals surface area contributed by atoms with Gasteiger partial charge < -0.3 is 5.73 Å². The maximum absolute atomic E-state index is 12.9. The number of nitrogens with zero attached hydrogens (tertiary/aromatic N) is 1. The van der Waals surface area contributed by atoms with E-state index in [-0.39, 0.29) is 16.9 Å². The van der Waals surface area contributed by atoms with Crippen LogP contribution in [0.4, 0.5) is 5.69 Å². The van der Waals surface area contributed by atoms with Crippen molar-refractivity contribution in [3.8, 4) is 0 Å². The first-order chi connectivity index (χ1) is 9.61. The monoisotopic (exact) mass is 308 g/mol. The first-order valence-electron chi connectivity index (χ1n) is 7.49. The van der Waals surface area contributed by atoms with E-state index in [9.17, 15) is 8.42 Å². The third-order valence-corrected chi connectivity index (χ3v) is 6.77. The lowest BCUT2D eigenvalue weighted by Crippen LogP contribution is -2.37. The zero-order chi connectivity index (χ0) is 15.5. The number of rotatable bonds is 2. The number of anilines is 1. The van der Waals surface area contributed by atoms with E-state index >= 15 is 0 Å². The van der Waals surface area contributed by atoms with E-state index in [0.29, 0.717) is 17.1 Å². The predicted octanol–water partition coefficient (Wildman–Crippen LogP) is 2.86. The van der Waals surface area contributed by atoms with Crippen molar-refractivity contribution in [2.75, 3.05) is 12.3 Å². The molecule has 4 nitrogen and oxygen atoms in total. The molecule has 2 bridgehead atoms. The molecule has 2 fully saturated rings. The number of sulfonamides is 1. The average Bonchev–Trinajstić information content (AvgIpc) is 2.59. The Hall–Kier alpha value is -1.07. The van der Waals surface area contributed by atoms with Gasteiger partial charge in [0.1, 0.15) is 0 Å². The molecule has 1 aliphatic carbocycles. The molecular formula is C16H24N2O2S. The smallest absolute Gasteiger partial charge is 0.243 e. The highest BCUT2D eigenvalue weighted by atomic mass is 32.2. The van der Waals surface area contributed by atoms with E-state index in [1.54, 1.807) is 28.6 Å². The molecule has 0 spiro atoms. The number of hydrogen-bond donors (Lipinski definition) is 1. The van der Waals surface area contributed by atoms with E-state index in [2.05, 4.69) is 20.8 Å². The molecule has 1 aliphatic heterocycles. The first kappa shape index (κ1) is 14.9. The molecule has 0 aromatic heterocycles. The maximum atomic E-state index is 12.9. The lowest BCUT2D eigenvalue weighted by Gasteiger charge is -2.39. The summed E-state index contributed by atoms with van der Waals surface area (Å²) in [6.45, 7) is 7.35. The van der Waals surface area contributed by atoms with Crippen LogP contribution in [0.1, 0.15) is 40.0 Å². The Morgan fingerprint density at radius 3 is 2.38 bits per heavy atom. The van der Waals surface area contributed by atoms with Gasteiger partial charge in [-0.15, -0.1) is 0 Å². The molecule has 0 radical (unpaired) electrons. The maximum Gasteiger partial charge on any atom is 0.243 e. The summed E-state index contributed by atoms with van der Waals surface area (Å²) in [5.41, 5.74) is 6.56. The summed E-state index contributed by atoms with van der Waals surface area (Å²) in [5.74, 6) is 0. The van der Waals surface area contributed by atoms with Gasteiger partial charge >= 0.3 is 0 Å². The zero-order valence-corrected chi connectivity index (χ0v) is 13.8. The fourth-order valence-electron chi connectivity index (χ4n) is 4.46. The highest BCUT2D eigenvalue weighted by Gasteiger charge is 2.53. The van der Waals surface area contributed by atoms with Crippen molar-refractivity contribution in [1.29, 1.82) is 0 Å². The molecule has 1 heterocycles. The van der Waals surface area contributed by atoms with Crippen molar-refractivity contribution in [2.45, 2.75) is 51.0 Å².